The Bertz CT molecular complexity index is 117. The summed E-state index contributed by atoms with van der Waals surface area (Å²) in [5.41, 5.74) is 0. The van der Waals surface area contributed by atoms with Crippen molar-refractivity contribution in [2.24, 2.45) is 5.90 Å². The van der Waals surface area contributed by atoms with Gasteiger partial charge in [0, 0.05) is 0 Å². The summed E-state index contributed by atoms with van der Waals surface area (Å²) < 4.78 is 5.37. The second-order valence-corrected chi connectivity index (χ2v) is 2.96. The van der Waals surface area contributed by atoms with E-state index in [9.17, 15) is 0 Å². The Hall–Kier alpha value is -0.380. The SMILES string of the molecule is C=CCOC(C)CCC(C)ON. The zero-order valence-electron chi connectivity index (χ0n) is 7.95. The smallest absolute Gasteiger partial charge is 0.0760 e. The van der Waals surface area contributed by atoms with Crippen molar-refractivity contribution in [2.45, 2.75) is 38.9 Å². The molecule has 0 aromatic rings. The van der Waals surface area contributed by atoms with Gasteiger partial charge in [-0.15, -0.1) is 6.58 Å². The molecule has 2 N–H and O–H groups in total. The van der Waals surface area contributed by atoms with E-state index in [1.165, 1.54) is 0 Å². The first-order valence-corrected chi connectivity index (χ1v) is 4.28. The van der Waals surface area contributed by atoms with E-state index in [1.807, 2.05) is 13.8 Å². The molecule has 2 unspecified atom stereocenters. The van der Waals surface area contributed by atoms with E-state index in [1.54, 1.807) is 6.08 Å². The normalized spacial score (nSPS) is 15.6. The van der Waals surface area contributed by atoms with Crippen LogP contribution in [0.1, 0.15) is 26.7 Å². The molecule has 12 heavy (non-hydrogen) atoms. The molecular formula is C9H19NO2. The predicted octanol–water partition coefficient (Wildman–Crippen LogP) is 1.64. The van der Waals surface area contributed by atoms with Crippen molar-refractivity contribution in [3.63, 3.8) is 0 Å². The summed E-state index contributed by atoms with van der Waals surface area (Å²) in [5, 5.41) is 0. The van der Waals surface area contributed by atoms with Crippen LogP contribution >= 0.6 is 0 Å². The van der Waals surface area contributed by atoms with Gasteiger partial charge in [-0.1, -0.05) is 6.08 Å². The molecule has 0 aromatic heterocycles. The van der Waals surface area contributed by atoms with Crippen molar-refractivity contribution >= 4 is 0 Å². The van der Waals surface area contributed by atoms with Crippen LogP contribution in [0.5, 0.6) is 0 Å². The molecule has 72 valence electrons. The minimum Gasteiger partial charge on any atom is -0.374 e. The molecule has 2 atom stereocenters. The van der Waals surface area contributed by atoms with Crippen LogP contribution in [0.4, 0.5) is 0 Å². The highest BCUT2D eigenvalue weighted by atomic mass is 16.6. The Morgan fingerprint density at radius 2 is 1.92 bits per heavy atom. The highest BCUT2D eigenvalue weighted by Crippen LogP contribution is 2.05. The summed E-state index contributed by atoms with van der Waals surface area (Å²) in [6.07, 6.45) is 4.00. The second-order valence-electron chi connectivity index (χ2n) is 2.96. The third kappa shape index (κ3) is 6.34. The number of hydrogen-bond donors (Lipinski definition) is 1. The summed E-state index contributed by atoms with van der Waals surface area (Å²) in [5.74, 6) is 5.00. The maximum Gasteiger partial charge on any atom is 0.0760 e. The van der Waals surface area contributed by atoms with E-state index in [0.29, 0.717) is 6.61 Å². The van der Waals surface area contributed by atoms with Gasteiger partial charge in [-0.3, -0.25) is 0 Å². The zero-order valence-corrected chi connectivity index (χ0v) is 7.95. The van der Waals surface area contributed by atoms with E-state index >= 15 is 0 Å². The minimum absolute atomic E-state index is 0.111. The monoisotopic (exact) mass is 173 g/mol. The predicted molar refractivity (Wildman–Crippen MR) is 49.6 cm³/mol. The highest BCUT2D eigenvalue weighted by Gasteiger charge is 2.05. The molecule has 0 radical (unpaired) electrons. The molecule has 0 aliphatic rings. The van der Waals surface area contributed by atoms with Crippen molar-refractivity contribution in [1.29, 1.82) is 0 Å². The molecule has 0 spiro atoms. The molecule has 0 rings (SSSR count). The minimum atomic E-state index is 0.111. The van der Waals surface area contributed by atoms with Crippen LogP contribution in [0.25, 0.3) is 0 Å². The van der Waals surface area contributed by atoms with Gasteiger partial charge in [0.25, 0.3) is 0 Å². The quantitative estimate of drug-likeness (QED) is 0.470. The van der Waals surface area contributed by atoms with E-state index in [2.05, 4.69) is 11.4 Å². The van der Waals surface area contributed by atoms with Crippen LogP contribution in [0, 0.1) is 0 Å². The summed E-state index contributed by atoms with van der Waals surface area (Å²) >= 11 is 0. The summed E-state index contributed by atoms with van der Waals surface area (Å²) in [4.78, 5) is 4.63. The second kappa shape index (κ2) is 7.28. The van der Waals surface area contributed by atoms with Crippen molar-refractivity contribution in [3.8, 4) is 0 Å². The maximum absolute atomic E-state index is 5.37. The Morgan fingerprint density at radius 3 is 2.42 bits per heavy atom. The molecule has 3 heteroatoms. The molecule has 0 fully saturated rings. The number of hydrogen-bond acceptors (Lipinski definition) is 3. The zero-order chi connectivity index (χ0) is 9.40. The Kier molecular flexibility index (Phi) is 7.05. The number of rotatable bonds is 7. The lowest BCUT2D eigenvalue weighted by atomic mass is 10.1. The first kappa shape index (κ1) is 11.6. The third-order valence-corrected chi connectivity index (χ3v) is 1.71. The van der Waals surface area contributed by atoms with E-state index < -0.39 is 0 Å². The molecule has 0 aliphatic carbocycles. The average Bonchev–Trinajstić information content (AvgIpc) is 2.10. The van der Waals surface area contributed by atoms with Crippen molar-refractivity contribution < 1.29 is 9.57 Å². The molecule has 0 amide bonds. The number of nitrogens with two attached hydrogens (primary N) is 1. The van der Waals surface area contributed by atoms with Gasteiger partial charge in [-0.25, -0.2) is 5.90 Å². The molecule has 0 heterocycles. The van der Waals surface area contributed by atoms with Gasteiger partial charge in [0.05, 0.1) is 18.8 Å². The first-order chi connectivity index (χ1) is 5.70. The molecule has 0 bridgehead atoms. The molecular weight excluding hydrogens is 154 g/mol. The van der Waals surface area contributed by atoms with Crippen molar-refractivity contribution in [1.82, 2.24) is 0 Å². The summed E-state index contributed by atoms with van der Waals surface area (Å²) in [6, 6.07) is 0. The molecule has 0 saturated carbocycles. The van der Waals surface area contributed by atoms with Gasteiger partial charge in [0.15, 0.2) is 0 Å². The third-order valence-electron chi connectivity index (χ3n) is 1.71. The molecule has 0 aromatic carbocycles. The maximum atomic E-state index is 5.37. The lowest BCUT2D eigenvalue weighted by Crippen LogP contribution is -2.17. The van der Waals surface area contributed by atoms with Crippen molar-refractivity contribution in [2.75, 3.05) is 6.61 Å². The Morgan fingerprint density at radius 1 is 1.33 bits per heavy atom. The molecule has 3 nitrogen and oxygen atoms in total. The Labute approximate surface area is 74.5 Å². The average molecular weight is 173 g/mol. The van der Waals surface area contributed by atoms with Gasteiger partial charge in [0.1, 0.15) is 0 Å². The van der Waals surface area contributed by atoms with Crippen LogP contribution in [-0.2, 0) is 9.57 Å². The van der Waals surface area contributed by atoms with Gasteiger partial charge in [-0.05, 0) is 26.7 Å². The fourth-order valence-electron chi connectivity index (χ4n) is 0.853. The van der Waals surface area contributed by atoms with E-state index in [4.69, 9.17) is 10.6 Å². The van der Waals surface area contributed by atoms with Crippen molar-refractivity contribution in [3.05, 3.63) is 12.7 Å². The number of ether oxygens (including phenoxy) is 1. The van der Waals surface area contributed by atoms with Crippen LogP contribution in [0.2, 0.25) is 0 Å². The van der Waals surface area contributed by atoms with E-state index in [0.717, 1.165) is 12.8 Å². The molecule has 0 saturated heterocycles. The van der Waals surface area contributed by atoms with Crippen LogP contribution in [0.15, 0.2) is 12.7 Å². The fourth-order valence-corrected chi connectivity index (χ4v) is 0.853. The lowest BCUT2D eigenvalue weighted by molar-refractivity contribution is 0.0329. The van der Waals surface area contributed by atoms with Gasteiger partial charge in [-0.2, -0.15) is 0 Å². The van der Waals surface area contributed by atoms with Gasteiger partial charge >= 0.3 is 0 Å². The lowest BCUT2D eigenvalue weighted by Gasteiger charge is -2.13. The van der Waals surface area contributed by atoms with Crippen LogP contribution in [-0.4, -0.2) is 18.8 Å². The van der Waals surface area contributed by atoms with E-state index in [-0.39, 0.29) is 12.2 Å². The largest absolute Gasteiger partial charge is 0.374 e. The topological polar surface area (TPSA) is 44.5 Å². The summed E-state index contributed by atoms with van der Waals surface area (Å²) in [6.45, 7) is 8.16. The Balaban J connectivity index is 3.29. The van der Waals surface area contributed by atoms with Gasteiger partial charge < -0.3 is 9.57 Å². The van der Waals surface area contributed by atoms with Gasteiger partial charge in [0.2, 0.25) is 0 Å². The van der Waals surface area contributed by atoms with Crippen LogP contribution < -0.4 is 5.90 Å². The first-order valence-electron chi connectivity index (χ1n) is 4.28. The molecule has 0 aliphatic heterocycles. The van der Waals surface area contributed by atoms with Crippen LogP contribution in [0.3, 0.4) is 0 Å². The summed E-state index contributed by atoms with van der Waals surface area (Å²) in [7, 11) is 0. The fraction of sp³-hybridized carbons (Fsp3) is 0.778. The highest BCUT2D eigenvalue weighted by molar-refractivity contribution is 4.65. The standard InChI is InChI=1S/C9H19NO2/c1-4-7-11-8(2)5-6-9(3)12-10/h4,8-9H,1,5-7,10H2,2-3H3.